The summed E-state index contributed by atoms with van der Waals surface area (Å²) in [6, 6.07) is 8.81. The quantitative estimate of drug-likeness (QED) is 0.562. The van der Waals surface area contributed by atoms with E-state index in [1.54, 1.807) is 0 Å². The van der Waals surface area contributed by atoms with Crippen LogP contribution in [0.15, 0.2) is 33.7 Å². The highest BCUT2D eigenvalue weighted by molar-refractivity contribution is 9.10. The van der Waals surface area contributed by atoms with Crippen molar-refractivity contribution in [1.29, 1.82) is 0 Å². The summed E-state index contributed by atoms with van der Waals surface area (Å²) in [6.45, 7) is 6.65. The summed E-state index contributed by atoms with van der Waals surface area (Å²) in [5.74, 6) is 2.74. The molecule has 2 aliphatic rings. The Hall–Kier alpha value is -1.89. The molecule has 1 fully saturated rings. The molecule has 0 saturated heterocycles. The fourth-order valence-corrected chi connectivity index (χ4v) is 4.23. The van der Waals surface area contributed by atoms with Crippen LogP contribution in [-0.2, 0) is 12.0 Å². The molecule has 1 saturated carbocycles. The molecule has 0 radical (unpaired) electrons. The van der Waals surface area contributed by atoms with Crippen LogP contribution in [0.4, 0.5) is 0 Å². The lowest BCUT2D eigenvalue weighted by Gasteiger charge is -2.25. The topological polar surface area (TPSA) is 67.1 Å². The number of guanidine groups is 1. The van der Waals surface area contributed by atoms with Gasteiger partial charge in [-0.2, -0.15) is 5.10 Å². The maximum atomic E-state index is 4.95. The van der Waals surface area contributed by atoms with Gasteiger partial charge in [0.15, 0.2) is 5.96 Å². The van der Waals surface area contributed by atoms with E-state index < -0.39 is 0 Å². The largest absolute Gasteiger partial charge is 0.357 e. The van der Waals surface area contributed by atoms with Gasteiger partial charge in [0.2, 0.25) is 0 Å². The Balaban J connectivity index is 1.50. The van der Waals surface area contributed by atoms with Gasteiger partial charge < -0.3 is 10.6 Å². The second-order valence-corrected chi connectivity index (χ2v) is 8.48. The molecular weight excluding hydrogens is 404 g/mol. The van der Waals surface area contributed by atoms with Crippen molar-refractivity contribution in [2.75, 3.05) is 13.1 Å². The van der Waals surface area contributed by atoms with E-state index in [1.807, 2.05) is 11.6 Å². The smallest absolute Gasteiger partial charge is 0.191 e. The molecule has 0 amide bonds. The third-order valence-electron chi connectivity index (χ3n) is 5.47. The van der Waals surface area contributed by atoms with Crippen molar-refractivity contribution in [3.8, 4) is 0 Å². The number of aryl methyl sites for hydroxylation is 2. The SMILES string of the molecule is CCNC(=NCC1(c2cccc(Br)c2)CC1)NC1CCCn2nc(C)nc21. The molecule has 2 aromatic rings. The molecule has 1 aromatic heterocycles. The van der Waals surface area contributed by atoms with Crippen LogP contribution in [0.2, 0.25) is 0 Å². The van der Waals surface area contributed by atoms with Gasteiger partial charge in [0.05, 0.1) is 12.6 Å². The van der Waals surface area contributed by atoms with Gasteiger partial charge in [-0.1, -0.05) is 28.1 Å². The first kappa shape index (κ1) is 18.5. The average molecular weight is 431 g/mol. The van der Waals surface area contributed by atoms with Gasteiger partial charge in [0.25, 0.3) is 0 Å². The van der Waals surface area contributed by atoms with Gasteiger partial charge in [0.1, 0.15) is 11.6 Å². The number of aliphatic imine (C=N–C) groups is 1. The molecule has 1 aliphatic heterocycles. The van der Waals surface area contributed by atoms with Crippen molar-refractivity contribution in [2.45, 2.75) is 57.5 Å². The first-order chi connectivity index (χ1) is 13.1. The number of rotatable bonds is 5. The molecule has 27 heavy (non-hydrogen) atoms. The monoisotopic (exact) mass is 430 g/mol. The van der Waals surface area contributed by atoms with Crippen LogP contribution in [0, 0.1) is 6.92 Å². The molecule has 0 bridgehead atoms. The summed E-state index contributed by atoms with van der Waals surface area (Å²) < 4.78 is 3.17. The van der Waals surface area contributed by atoms with Crippen LogP contribution in [-0.4, -0.2) is 33.8 Å². The first-order valence-electron chi connectivity index (χ1n) is 9.82. The fraction of sp³-hybridized carbons (Fsp3) is 0.550. The summed E-state index contributed by atoms with van der Waals surface area (Å²) in [7, 11) is 0. The Morgan fingerprint density at radius 2 is 2.26 bits per heavy atom. The molecule has 2 heterocycles. The van der Waals surface area contributed by atoms with Gasteiger partial charge in [0, 0.05) is 23.0 Å². The molecule has 1 aromatic carbocycles. The van der Waals surface area contributed by atoms with Crippen molar-refractivity contribution >= 4 is 21.9 Å². The van der Waals surface area contributed by atoms with E-state index in [0.717, 1.165) is 54.6 Å². The van der Waals surface area contributed by atoms with Crippen molar-refractivity contribution < 1.29 is 0 Å². The lowest BCUT2D eigenvalue weighted by molar-refractivity contribution is 0.397. The van der Waals surface area contributed by atoms with Gasteiger partial charge >= 0.3 is 0 Å². The molecule has 7 heteroatoms. The van der Waals surface area contributed by atoms with Gasteiger partial charge in [-0.25, -0.2) is 9.67 Å². The molecule has 1 unspecified atom stereocenters. The number of aromatic nitrogens is 3. The lowest BCUT2D eigenvalue weighted by Crippen LogP contribution is -2.42. The van der Waals surface area contributed by atoms with Crippen molar-refractivity contribution in [2.24, 2.45) is 4.99 Å². The van der Waals surface area contributed by atoms with Gasteiger partial charge in [-0.05, 0) is 57.2 Å². The number of halogens is 1. The van der Waals surface area contributed by atoms with Crippen LogP contribution < -0.4 is 10.6 Å². The summed E-state index contributed by atoms with van der Waals surface area (Å²) in [5.41, 5.74) is 1.57. The highest BCUT2D eigenvalue weighted by atomic mass is 79.9. The summed E-state index contributed by atoms with van der Waals surface area (Å²) in [5, 5.41) is 11.5. The minimum Gasteiger partial charge on any atom is -0.357 e. The number of hydrogen-bond donors (Lipinski definition) is 2. The van der Waals surface area contributed by atoms with E-state index in [-0.39, 0.29) is 11.5 Å². The Kier molecular flexibility index (Phi) is 5.21. The van der Waals surface area contributed by atoms with E-state index in [9.17, 15) is 0 Å². The minimum absolute atomic E-state index is 0.166. The minimum atomic E-state index is 0.166. The Bertz CT molecular complexity index is 839. The second-order valence-electron chi connectivity index (χ2n) is 7.57. The first-order valence-corrected chi connectivity index (χ1v) is 10.6. The van der Waals surface area contributed by atoms with Crippen molar-refractivity contribution in [1.82, 2.24) is 25.4 Å². The van der Waals surface area contributed by atoms with Gasteiger partial charge in [-0.3, -0.25) is 4.99 Å². The standard InChI is InChI=1S/C20H27BrN6/c1-3-22-19(25-17-8-5-11-27-18(17)24-14(2)26-27)23-13-20(9-10-20)15-6-4-7-16(21)12-15/h4,6-7,12,17H,3,5,8-11,13H2,1-2H3,(H2,22,23,25). The Morgan fingerprint density at radius 3 is 3.00 bits per heavy atom. The second kappa shape index (κ2) is 7.62. The van der Waals surface area contributed by atoms with E-state index in [0.29, 0.717) is 0 Å². The molecule has 2 N–H and O–H groups in total. The molecule has 4 rings (SSSR count). The zero-order valence-electron chi connectivity index (χ0n) is 16.0. The molecule has 0 spiro atoms. The summed E-state index contributed by atoms with van der Waals surface area (Å²) in [6.07, 6.45) is 4.56. The average Bonchev–Trinajstić information content (AvgIpc) is 3.34. The molecule has 1 atom stereocenters. The van der Waals surface area contributed by atoms with E-state index in [4.69, 9.17) is 4.99 Å². The number of nitrogens with zero attached hydrogens (tertiary/aromatic N) is 4. The van der Waals surface area contributed by atoms with Gasteiger partial charge in [-0.15, -0.1) is 0 Å². The predicted molar refractivity (Wildman–Crippen MR) is 111 cm³/mol. The van der Waals surface area contributed by atoms with Crippen LogP contribution >= 0.6 is 15.9 Å². The van der Waals surface area contributed by atoms with E-state index in [1.165, 1.54) is 18.4 Å². The van der Waals surface area contributed by atoms with Crippen LogP contribution in [0.25, 0.3) is 0 Å². The third-order valence-corrected chi connectivity index (χ3v) is 5.96. The maximum absolute atomic E-state index is 4.95. The van der Waals surface area contributed by atoms with E-state index >= 15 is 0 Å². The highest BCUT2D eigenvalue weighted by Gasteiger charge is 2.44. The number of hydrogen-bond acceptors (Lipinski definition) is 3. The summed E-state index contributed by atoms with van der Waals surface area (Å²) >= 11 is 3.59. The normalized spacial score (nSPS) is 20.9. The molecule has 1 aliphatic carbocycles. The Labute approximate surface area is 169 Å². The third kappa shape index (κ3) is 4.03. The number of fused-ring (bicyclic) bond motifs is 1. The van der Waals surface area contributed by atoms with Crippen LogP contribution in [0.3, 0.4) is 0 Å². The van der Waals surface area contributed by atoms with Crippen molar-refractivity contribution in [3.05, 3.63) is 46.0 Å². The van der Waals surface area contributed by atoms with E-state index in [2.05, 4.69) is 67.8 Å². The number of benzene rings is 1. The van der Waals surface area contributed by atoms with Crippen LogP contribution in [0.5, 0.6) is 0 Å². The maximum Gasteiger partial charge on any atom is 0.191 e. The summed E-state index contributed by atoms with van der Waals surface area (Å²) in [4.78, 5) is 9.57. The number of nitrogens with one attached hydrogen (secondary N) is 2. The molecule has 144 valence electrons. The predicted octanol–water partition coefficient (Wildman–Crippen LogP) is 3.47. The zero-order valence-corrected chi connectivity index (χ0v) is 17.6. The zero-order chi connectivity index (χ0) is 18.9. The van der Waals surface area contributed by atoms with Crippen LogP contribution in [0.1, 0.15) is 55.9 Å². The fourth-order valence-electron chi connectivity index (χ4n) is 3.83. The Morgan fingerprint density at radius 1 is 1.41 bits per heavy atom. The highest BCUT2D eigenvalue weighted by Crippen LogP contribution is 2.48. The van der Waals surface area contributed by atoms with Crippen molar-refractivity contribution in [3.63, 3.8) is 0 Å². The molecular formula is C20H27BrN6. The lowest BCUT2D eigenvalue weighted by atomic mass is 9.96. The molecule has 6 nitrogen and oxygen atoms in total.